The van der Waals surface area contributed by atoms with Crippen LogP contribution in [-0.4, -0.2) is 0 Å². The van der Waals surface area contributed by atoms with Gasteiger partial charge in [0.15, 0.2) is 0 Å². The Kier molecular flexibility index (Phi) is 8.41. The first-order valence-corrected chi connectivity index (χ1v) is 8.21. The van der Waals surface area contributed by atoms with Crippen LogP contribution in [-0.2, 0) is 11.8 Å². The SMILES string of the molecule is CC.CC.CC(C)C1(C)CCCc2ccc(Cl)cc21. The van der Waals surface area contributed by atoms with Gasteiger partial charge in [-0.2, -0.15) is 0 Å². The van der Waals surface area contributed by atoms with Crippen molar-refractivity contribution in [2.75, 3.05) is 0 Å². The van der Waals surface area contributed by atoms with Gasteiger partial charge in [0.2, 0.25) is 0 Å². The summed E-state index contributed by atoms with van der Waals surface area (Å²) in [4.78, 5) is 0. The summed E-state index contributed by atoms with van der Waals surface area (Å²) in [5.74, 6) is 0.676. The third kappa shape index (κ3) is 4.24. The Morgan fingerprint density at radius 1 is 1.11 bits per heavy atom. The number of benzene rings is 1. The molecule has 0 bridgehead atoms. The van der Waals surface area contributed by atoms with Crippen LogP contribution in [0.15, 0.2) is 18.2 Å². The quantitative estimate of drug-likeness (QED) is 0.541. The van der Waals surface area contributed by atoms with Crippen molar-refractivity contribution >= 4 is 11.6 Å². The monoisotopic (exact) mass is 282 g/mol. The molecule has 0 nitrogen and oxygen atoms in total. The molecule has 110 valence electrons. The van der Waals surface area contributed by atoms with E-state index in [1.807, 2.05) is 33.8 Å². The maximum Gasteiger partial charge on any atom is 0.0409 e. The molecule has 0 N–H and O–H groups in total. The van der Waals surface area contributed by atoms with Crippen LogP contribution in [0.3, 0.4) is 0 Å². The van der Waals surface area contributed by atoms with E-state index in [9.17, 15) is 0 Å². The summed E-state index contributed by atoms with van der Waals surface area (Å²) >= 11 is 6.11. The minimum atomic E-state index is 0.318. The van der Waals surface area contributed by atoms with Gasteiger partial charge in [-0.1, -0.05) is 66.1 Å². The van der Waals surface area contributed by atoms with Gasteiger partial charge in [0.25, 0.3) is 0 Å². The van der Waals surface area contributed by atoms with Crippen molar-refractivity contribution in [2.45, 2.75) is 73.1 Å². The molecule has 1 aliphatic carbocycles. The van der Waals surface area contributed by atoms with Crippen LogP contribution in [0.4, 0.5) is 0 Å². The highest BCUT2D eigenvalue weighted by molar-refractivity contribution is 6.30. The van der Waals surface area contributed by atoms with E-state index < -0.39 is 0 Å². The van der Waals surface area contributed by atoms with E-state index in [1.165, 1.54) is 30.4 Å². The molecule has 0 aliphatic heterocycles. The summed E-state index contributed by atoms with van der Waals surface area (Å²) in [5, 5.41) is 0.877. The number of rotatable bonds is 1. The van der Waals surface area contributed by atoms with Crippen molar-refractivity contribution in [1.82, 2.24) is 0 Å². The molecular weight excluding hydrogens is 252 g/mol. The molecule has 1 unspecified atom stereocenters. The van der Waals surface area contributed by atoms with E-state index >= 15 is 0 Å². The third-order valence-electron chi connectivity index (χ3n) is 4.10. The Morgan fingerprint density at radius 2 is 1.68 bits per heavy atom. The second-order valence-electron chi connectivity index (χ2n) is 5.23. The van der Waals surface area contributed by atoms with Gasteiger partial charge in [-0.05, 0) is 53.9 Å². The normalized spacial score (nSPS) is 20.7. The fourth-order valence-electron chi connectivity index (χ4n) is 2.68. The van der Waals surface area contributed by atoms with Gasteiger partial charge in [-0.25, -0.2) is 0 Å². The lowest BCUT2D eigenvalue weighted by molar-refractivity contribution is 0.290. The molecular formula is C18H31Cl. The molecule has 0 aromatic heterocycles. The zero-order valence-corrected chi connectivity index (χ0v) is 14.6. The lowest BCUT2D eigenvalue weighted by Gasteiger charge is -2.39. The Hall–Kier alpha value is -0.490. The van der Waals surface area contributed by atoms with Gasteiger partial charge in [0.1, 0.15) is 0 Å². The molecule has 1 aromatic carbocycles. The molecule has 0 saturated heterocycles. The minimum absolute atomic E-state index is 0.318. The van der Waals surface area contributed by atoms with E-state index in [0.717, 1.165) is 5.02 Å². The van der Waals surface area contributed by atoms with Crippen molar-refractivity contribution in [2.24, 2.45) is 5.92 Å². The summed E-state index contributed by atoms with van der Waals surface area (Å²) in [6.07, 6.45) is 3.82. The maximum atomic E-state index is 6.11. The predicted molar refractivity (Wildman–Crippen MR) is 89.3 cm³/mol. The van der Waals surface area contributed by atoms with Gasteiger partial charge in [-0.3, -0.25) is 0 Å². The van der Waals surface area contributed by atoms with Gasteiger partial charge < -0.3 is 0 Å². The molecule has 1 aromatic rings. The number of aryl methyl sites for hydroxylation is 1. The van der Waals surface area contributed by atoms with Gasteiger partial charge in [0.05, 0.1) is 0 Å². The number of hydrogen-bond donors (Lipinski definition) is 0. The molecule has 0 radical (unpaired) electrons. The number of hydrogen-bond acceptors (Lipinski definition) is 0. The zero-order chi connectivity index (χ0) is 15.1. The highest BCUT2D eigenvalue weighted by Crippen LogP contribution is 2.43. The molecule has 0 amide bonds. The van der Waals surface area contributed by atoms with Crippen molar-refractivity contribution < 1.29 is 0 Å². The van der Waals surface area contributed by atoms with E-state index in [0.29, 0.717) is 11.3 Å². The third-order valence-corrected chi connectivity index (χ3v) is 4.34. The zero-order valence-electron chi connectivity index (χ0n) is 13.8. The van der Waals surface area contributed by atoms with E-state index in [-0.39, 0.29) is 0 Å². The Morgan fingerprint density at radius 3 is 2.21 bits per heavy atom. The van der Waals surface area contributed by atoms with Crippen molar-refractivity contribution in [3.8, 4) is 0 Å². The summed E-state index contributed by atoms with van der Waals surface area (Å²) in [5.41, 5.74) is 3.30. The highest BCUT2D eigenvalue weighted by atomic mass is 35.5. The Balaban J connectivity index is 0.000000741. The summed E-state index contributed by atoms with van der Waals surface area (Å²) in [6, 6.07) is 6.40. The fraction of sp³-hybridized carbons (Fsp3) is 0.667. The molecule has 1 atom stereocenters. The van der Waals surface area contributed by atoms with Crippen LogP contribution in [0.2, 0.25) is 5.02 Å². The van der Waals surface area contributed by atoms with E-state index in [1.54, 1.807) is 0 Å². The smallest absolute Gasteiger partial charge is 0.0409 e. The van der Waals surface area contributed by atoms with Gasteiger partial charge >= 0.3 is 0 Å². The average molecular weight is 283 g/mol. The standard InChI is InChI=1S/C14H19Cl.2C2H6/c1-10(2)14(3)8-4-5-11-6-7-12(15)9-13(11)14;2*1-2/h6-7,9-10H,4-5,8H2,1-3H3;2*1-2H3. The lowest BCUT2D eigenvalue weighted by Crippen LogP contribution is -2.32. The van der Waals surface area contributed by atoms with Crippen LogP contribution < -0.4 is 0 Å². The molecule has 1 aliphatic rings. The number of halogens is 1. The van der Waals surface area contributed by atoms with E-state index in [4.69, 9.17) is 11.6 Å². The van der Waals surface area contributed by atoms with Crippen molar-refractivity contribution in [3.05, 3.63) is 34.3 Å². The first-order valence-electron chi connectivity index (χ1n) is 7.83. The van der Waals surface area contributed by atoms with Gasteiger partial charge in [-0.15, -0.1) is 0 Å². The largest absolute Gasteiger partial charge is 0.0843 e. The Bertz CT molecular complexity index is 368. The minimum Gasteiger partial charge on any atom is -0.0843 e. The van der Waals surface area contributed by atoms with E-state index in [2.05, 4.69) is 32.9 Å². The predicted octanol–water partition coefficient (Wildman–Crippen LogP) is 6.64. The second-order valence-corrected chi connectivity index (χ2v) is 5.66. The van der Waals surface area contributed by atoms with Crippen molar-refractivity contribution in [1.29, 1.82) is 0 Å². The molecule has 2 rings (SSSR count). The van der Waals surface area contributed by atoms with Crippen LogP contribution in [0, 0.1) is 5.92 Å². The molecule has 1 heteroatoms. The molecule has 19 heavy (non-hydrogen) atoms. The van der Waals surface area contributed by atoms with Crippen LogP contribution in [0.5, 0.6) is 0 Å². The van der Waals surface area contributed by atoms with Crippen LogP contribution in [0.25, 0.3) is 0 Å². The molecule has 0 heterocycles. The maximum absolute atomic E-state index is 6.11. The number of fused-ring (bicyclic) bond motifs is 1. The molecule has 0 saturated carbocycles. The first kappa shape index (κ1) is 18.5. The summed E-state index contributed by atoms with van der Waals surface area (Å²) in [7, 11) is 0. The fourth-order valence-corrected chi connectivity index (χ4v) is 2.85. The van der Waals surface area contributed by atoms with Crippen LogP contribution >= 0.6 is 11.6 Å². The first-order chi connectivity index (χ1) is 9.04. The second kappa shape index (κ2) is 8.64. The van der Waals surface area contributed by atoms with Crippen LogP contribution in [0.1, 0.15) is 72.4 Å². The molecule has 0 fully saturated rings. The lowest BCUT2D eigenvalue weighted by atomic mass is 9.65. The van der Waals surface area contributed by atoms with Gasteiger partial charge in [0, 0.05) is 5.02 Å². The average Bonchev–Trinajstić information content (AvgIpc) is 2.44. The highest BCUT2D eigenvalue weighted by Gasteiger charge is 2.34. The van der Waals surface area contributed by atoms with Crippen molar-refractivity contribution in [3.63, 3.8) is 0 Å². The Labute approximate surface area is 125 Å². The summed E-state index contributed by atoms with van der Waals surface area (Å²) < 4.78 is 0. The topological polar surface area (TPSA) is 0 Å². The summed E-state index contributed by atoms with van der Waals surface area (Å²) in [6.45, 7) is 15.0. The molecule has 0 spiro atoms.